The van der Waals surface area contributed by atoms with E-state index in [2.05, 4.69) is 43.5 Å². The van der Waals surface area contributed by atoms with Crippen LogP contribution in [0, 0.1) is 0 Å². The predicted octanol–water partition coefficient (Wildman–Crippen LogP) is 10.9. The highest BCUT2D eigenvalue weighted by Gasteiger charge is 2.23. The Hall–Kier alpha value is -1.28. The van der Waals surface area contributed by atoms with Crippen LogP contribution in [0.1, 0.15) is 181 Å². The van der Waals surface area contributed by atoms with E-state index in [0.29, 0.717) is 17.4 Å². The Balaban J connectivity index is 4.46. The molecule has 3 atom stereocenters. The van der Waals surface area contributed by atoms with Gasteiger partial charge in [-0.2, -0.15) is 0 Å². The summed E-state index contributed by atoms with van der Waals surface area (Å²) in [5.74, 6) is -0.218. The van der Waals surface area contributed by atoms with Crippen LogP contribution >= 0.6 is 7.82 Å². The summed E-state index contributed by atoms with van der Waals surface area (Å²) in [5.41, 5.74) is 0. The van der Waals surface area contributed by atoms with E-state index in [-0.39, 0.29) is 12.5 Å². The molecule has 0 bridgehead atoms. The van der Waals surface area contributed by atoms with Crippen LogP contribution < -0.4 is 10.2 Å². The molecule has 0 aromatic rings. The molecular weight excluding hydrogens is 671 g/mol. The van der Waals surface area contributed by atoms with Gasteiger partial charge in [0.05, 0.1) is 39.9 Å². The standard InChI is InChI=1S/C43H83N2O6P/c1-6-8-10-12-14-16-18-20-21-22-23-24-25-27-29-31-33-35-37-43(47)44-41(40-51-52(48,49)50-39-38-45(3,4)5)42(46)36-34-32-30-28-26-19-17-15-13-11-9-7-2/h23-24,26,28,34,36,41-42,46H,6-22,25,27,29-33,35,37-40H2,1-5H3,(H-,44,47,48,49)/b24-23-,28-26+,36-34+. The van der Waals surface area contributed by atoms with E-state index in [1.807, 2.05) is 27.2 Å². The Kier molecular flexibility index (Phi) is 34.6. The minimum atomic E-state index is -4.59. The van der Waals surface area contributed by atoms with Crippen molar-refractivity contribution in [3.05, 3.63) is 36.5 Å². The molecule has 0 aromatic heterocycles. The highest BCUT2D eigenvalue weighted by molar-refractivity contribution is 7.45. The molecule has 2 N–H and O–H groups in total. The fraction of sp³-hybridized carbons (Fsp3) is 0.837. The molecule has 3 unspecified atom stereocenters. The number of amides is 1. The number of carbonyl (C=O) groups is 1. The lowest BCUT2D eigenvalue weighted by molar-refractivity contribution is -0.870. The summed E-state index contributed by atoms with van der Waals surface area (Å²) in [6.07, 6.45) is 41.9. The zero-order valence-electron chi connectivity index (χ0n) is 34.5. The van der Waals surface area contributed by atoms with Gasteiger partial charge in [-0.1, -0.05) is 153 Å². The molecule has 0 aliphatic rings. The number of nitrogens with zero attached hydrogens (tertiary/aromatic N) is 1. The average Bonchev–Trinajstić information content (AvgIpc) is 3.09. The van der Waals surface area contributed by atoms with E-state index in [1.165, 1.54) is 109 Å². The van der Waals surface area contributed by atoms with Gasteiger partial charge in [-0.25, -0.2) is 0 Å². The predicted molar refractivity (Wildman–Crippen MR) is 219 cm³/mol. The van der Waals surface area contributed by atoms with Gasteiger partial charge in [0, 0.05) is 6.42 Å². The van der Waals surface area contributed by atoms with Gasteiger partial charge in [0.1, 0.15) is 13.2 Å². The van der Waals surface area contributed by atoms with E-state index in [4.69, 9.17) is 9.05 Å². The third kappa shape index (κ3) is 37.1. The lowest BCUT2D eigenvalue weighted by Gasteiger charge is -2.29. The fourth-order valence-corrected chi connectivity index (χ4v) is 6.59. The van der Waals surface area contributed by atoms with Gasteiger partial charge in [-0.05, 0) is 57.8 Å². The number of unbranched alkanes of at least 4 members (excludes halogenated alkanes) is 21. The van der Waals surface area contributed by atoms with E-state index in [1.54, 1.807) is 6.08 Å². The number of nitrogens with one attached hydrogen (secondary N) is 1. The molecule has 0 fully saturated rings. The number of carbonyl (C=O) groups excluding carboxylic acids is 1. The zero-order chi connectivity index (χ0) is 38.6. The summed E-state index contributed by atoms with van der Waals surface area (Å²) >= 11 is 0. The summed E-state index contributed by atoms with van der Waals surface area (Å²) < 4.78 is 23.1. The molecule has 0 radical (unpaired) electrons. The van der Waals surface area contributed by atoms with Gasteiger partial charge in [-0.15, -0.1) is 0 Å². The quantitative estimate of drug-likeness (QED) is 0.0281. The van der Waals surface area contributed by atoms with Gasteiger partial charge in [-0.3, -0.25) is 9.36 Å². The first-order valence-corrected chi connectivity index (χ1v) is 22.8. The van der Waals surface area contributed by atoms with E-state index < -0.39 is 26.6 Å². The lowest BCUT2D eigenvalue weighted by atomic mass is 10.1. The van der Waals surface area contributed by atoms with Crippen molar-refractivity contribution >= 4 is 13.7 Å². The number of rotatable bonds is 38. The molecule has 0 aliphatic carbocycles. The van der Waals surface area contributed by atoms with Crippen molar-refractivity contribution in [2.75, 3.05) is 40.9 Å². The molecule has 0 saturated carbocycles. The van der Waals surface area contributed by atoms with Crippen molar-refractivity contribution in [2.45, 2.75) is 193 Å². The van der Waals surface area contributed by atoms with Gasteiger partial charge in [0.25, 0.3) is 7.82 Å². The maximum absolute atomic E-state index is 12.8. The fourth-order valence-electron chi connectivity index (χ4n) is 5.87. The molecule has 0 heterocycles. The Morgan fingerprint density at radius 1 is 0.654 bits per heavy atom. The first kappa shape index (κ1) is 50.7. The number of aliphatic hydroxyl groups is 1. The van der Waals surface area contributed by atoms with E-state index >= 15 is 0 Å². The maximum Gasteiger partial charge on any atom is 0.268 e. The second-order valence-corrected chi connectivity index (χ2v) is 17.1. The van der Waals surface area contributed by atoms with Gasteiger partial charge in [0.15, 0.2) is 0 Å². The lowest BCUT2D eigenvalue weighted by Crippen LogP contribution is -2.45. The Morgan fingerprint density at radius 3 is 1.56 bits per heavy atom. The molecule has 306 valence electrons. The molecule has 0 aromatic carbocycles. The third-order valence-electron chi connectivity index (χ3n) is 9.32. The monoisotopic (exact) mass is 755 g/mol. The van der Waals surface area contributed by atoms with Crippen molar-refractivity contribution in [2.24, 2.45) is 0 Å². The van der Waals surface area contributed by atoms with Crippen LogP contribution in [0.4, 0.5) is 0 Å². The molecule has 9 heteroatoms. The second-order valence-electron chi connectivity index (χ2n) is 15.7. The minimum Gasteiger partial charge on any atom is -0.756 e. The number of phosphoric ester groups is 1. The number of likely N-dealkylation sites (N-methyl/N-ethyl adjacent to an activating group) is 1. The first-order chi connectivity index (χ1) is 25.0. The molecule has 8 nitrogen and oxygen atoms in total. The molecule has 0 aliphatic heterocycles. The van der Waals surface area contributed by atoms with Crippen LogP contribution in [0.5, 0.6) is 0 Å². The van der Waals surface area contributed by atoms with Crippen LogP contribution in [0.15, 0.2) is 36.5 Å². The van der Waals surface area contributed by atoms with Crippen LogP contribution in [-0.4, -0.2) is 68.5 Å². The van der Waals surface area contributed by atoms with Crippen LogP contribution in [0.2, 0.25) is 0 Å². The SMILES string of the molecule is CCCCCCCC/C=C/CC/C=C/C(O)C(COP(=O)([O-])OCC[N+](C)(C)C)NC(=O)CCCCCCC/C=C\CCCCCCCCCCC. The van der Waals surface area contributed by atoms with Crippen LogP contribution in [-0.2, 0) is 18.4 Å². The third-order valence-corrected chi connectivity index (χ3v) is 10.3. The van der Waals surface area contributed by atoms with Crippen molar-refractivity contribution in [3.8, 4) is 0 Å². The van der Waals surface area contributed by atoms with E-state index in [9.17, 15) is 19.4 Å². The number of phosphoric acid groups is 1. The summed E-state index contributed by atoms with van der Waals surface area (Å²) in [6.45, 7) is 4.59. The number of aliphatic hydroxyl groups excluding tert-OH is 1. The Labute approximate surface area is 321 Å². The molecule has 1 amide bonds. The molecule has 0 saturated heterocycles. The second kappa shape index (κ2) is 35.4. The van der Waals surface area contributed by atoms with Crippen LogP contribution in [0.3, 0.4) is 0 Å². The molecule has 52 heavy (non-hydrogen) atoms. The van der Waals surface area contributed by atoms with Crippen molar-refractivity contribution in [3.63, 3.8) is 0 Å². The molecular formula is C43H83N2O6P. The summed E-state index contributed by atoms with van der Waals surface area (Å²) in [5, 5.41) is 13.7. The number of hydrogen-bond donors (Lipinski definition) is 2. The highest BCUT2D eigenvalue weighted by Crippen LogP contribution is 2.38. The van der Waals surface area contributed by atoms with Crippen molar-refractivity contribution in [1.82, 2.24) is 5.32 Å². The topological polar surface area (TPSA) is 108 Å². The summed E-state index contributed by atoms with van der Waals surface area (Å²) in [6, 6.07) is -0.904. The van der Waals surface area contributed by atoms with Crippen LogP contribution in [0.25, 0.3) is 0 Å². The smallest absolute Gasteiger partial charge is 0.268 e. The first-order valence-electron chi connectivity index (χ1n) is 21.4. The van der Waals surface area contributed by atoms with E-state index in [0.717, 1.165) is 51.4 Å². The van der Waals surface area contributed by atoms with Crippen molar-refractivity contribution in [1.29, 1.82) is 0 Å². The minimum absolute atomic E-state index is 0.00816. The Morgan fingerprint density at radius 2 is 1.08 bits per heavy atom. The number of hydrogen-bond acceptors (Lipinski definition) is 6. The summed E-state index contributed by atoms with van der Waals surface area (Å²) in [4.78, 5) is 25.2. The van der Waals surface area contributed by atoms with Crippen molar-refractivity contribution < 1.29 is 32.9 Å². The Bertz CT molecular complexity index is 948. The van der Waals surface area contributed by atoms with Gasteiger partial charge in [0.2, 0.25) is 5.91 Å². The largest absolute Gasteiger partial charge is 0.756 e. The maximum atomic E-state index is 12.8. The highest BCUT2D eigenvalue weighted by atomic mass is 31.2. The van der Waals surface area contributed by atoms with Gasteiger partial charge < -0.3 is 28.8 Å². The number of allylic oxidation sites excluding steroid dienone is 5. The summed E-state index contributed by atoms with van der Waals surface area (Å²) in [7, 11) is 1.23. The average molecular weight is 755 g/mol. The normalized spacial score (nSPS) is 14.8. The molecule has 0 rings (SSSR count). The zero-order valence-corrected chi connectivity index (χ0v) is 35.4. The van der Waals surface area contributed by atoms with Gasteiger partial charge >= 0.3 is 0 Å². The molecule has 0 spiro atoms. The number of quaternary nitrogens is 1.